The minimum absolute atomic E-state index is 0.275. The first kappa shape index (κ1) is 11.3. The summed E-state index contributed by atoms with van der Waals surface area (Å²) in [5.41, 5.74) is 3.04. The first-order chi connectivity index (χ1) is 9.28. The lowest BCUT2D eigenvalue weighted by Gasteiger charge is -2.39. The SMILES string of the molecule is O=C(C1CC1)N1CCC2(CC1)CNc1ccccc12. The highest BCUT2D eigenvalue weighted by Gasteiger charge is 2.43. The van der Waals surface area contributed by atoms with Crippen molar-refractivity contribution in [3.63, 3.8) is 0 Å². The third-order valence-corrected chi connectivity index (χ3v) is 5.07. The second-order valence-corrected chi connectivity index (χ2v) is 6.28. The number of carbonyl (C=O) groups is 1. The van der Waals surface area contributed by atoms with Crippen LogP contribution in [0.15, 0.2) is 24.3 Å². The molecule has 2 heterocycles. The van der Waals surface area contributed by atoms with E-state index in [-0.39, 0.29) is 5.41 Å². The summed E-state index contributed by atoms with van der Waals surface area (Å²) in [7, 11) is 0. The minimum Gasteiger partial charge on any atom is -0.384 e. The van der Waals surface area contributed by atoms with Crippen molar-refractivity contribution in [3.05, 3.63) is 29.8 Å². The quantitative estimate of drug-likeness (QED) is 0.836. The lowest BCUT2D eigenvalue weighted by molar-refractivity contribution is -0.134. The van der Waals surface area contributed by atoms with Crippen LogP contribution in [0.5, 0.6) is 0 Å². The Morgan fingerprint density at radius 3 is 2.68 bits per heavy atom. The highest BCUT2D eigenvalue weighted by Crippen LogP contribution is 2.44. The smallest absolute Gasteiger partial charge is 0.225 e. The largest absolute Gasteiger partial charge is 0.384 e. The first-order valence-electron chi connectivity index (χ1n) is 7.41. The molecule has 1 amide bonds. The lowest BCUT2D eigenvalue weighted by atomic mass is 9.74. The topological polar surface area (TPSA) is 32.3 Å². The molecule has 0 radical (unpaired) electrons. The van der Waals surface area contributed by atoms with E-state index in [4.69, 9.17) is 0 Å². The van der Waals surface area contributed by atoms with E-state index < -0.39 is 0 Å². The number of piperidine rings is 1. The summed E-state index contributed by atoms with van der Waals surface area (Å²) in [5, 5.41) is 3.54. The Morgan fingerprint density at radius 1 is 1.21 bits per heavy atom. The van der Waals surface area contributed by atoms with Gasteiger partial charge in [-0.15, -0.1) is 0 Å². The molecular formula is C16H20N2O. The molecule has 0 unspecified atom stereocenters. The fourth-order valence-corrected chi connectivity index (χ4v) is 3.65. The van der Waals surface area contributed by atoms with Crippen LogP contribution in [0.25, 0.3) is 0 Å². The van der Waals surface area contributed by atoms with E-state index in [0.29, 0.717) is 11.8 Å². The third kappa shape index (κ3) is 1.75. The van der Waals surface area contributed by atoms with Gasteiger partial charge in [-0.25, -0.2) is 0 Å². The monoisotopic (exact) mass is 256 g/mol. The zero-order chi connectivity index (χ0) is 12.9. The average Bonchev–Trinajstić information content (AvgIpc) is 3.25. The van der Waals surface area contributed by atoms with Crippen LogP contribution in [0.2, 0.25) is 0 Å². The number of benzene rings is 1. The van der Waals surface area contributed by atoms with Crippen LogP contribution in [0.3, 0.4) is 0 Å². The maximum atomic E-state index is 12.1. The Balaban J connectivity index is 1.52. The summed E-state index contributed by atoms with van der Waals surface area (Å²) < 4.78 is 0. The summed E-state index contributed by atoms with van der Waals surface area (Å²) >= 11 is 0. The molecule has 2 fully saturated rings. The molecule has 1 saturated carbocycles. The number of amides is 1. The summed E-state index contributed by atoms with van der Waals surface area (Å²) in [5.74, 6) is 0.775. The summed E-state index contributed by atoms with van der Waals surface area (Å²) in [6, 6.07) is 8.66. The molecule has 0 bridgehead atoms. The number of para-hydroxylation sites is 1. The Hall–Kier alpha value is -1.51. The van der Waals surface area contributed by atoms with Gasteiger partial charge in [0.15, 0.2) is 0 Å². The van der Waals surface area contributed by atoms with Crippen molar-refractivity contribution in [2.45, 2.75) is 31.1 Å². The molecule has 1 spiro atoms. The number of nitrogens with zero attached hydrogens (tertiary/aromatic N) is 1. The highest BCUT2D eigenvalue weighted by molar-refractivity contribution is 5.81. The average molecular weight is 256 g/mol. The van der Waals surface area contributed by atoms with Crippen LogP contribution >= 0.6 is 0 Å². The van der Waals surface area contributed by atoms with Crippen LogP contribution in [0.4, 0.5) is 5.69 Å². The number of likely N-dealkylation sites (tertiary alicyclic amines) is 1. The molecular weight excluding hydrogens is 236 g/mol. The van der Waals surface area contributed by atoms with Crippen molar-refractivity contribution in [2.75, 3.05) is 25.0 Å². The van der Waals surface area contributed by atoms with E-state index in [0.717, 1.165) is 45.3 Å². The maximum Gasteiger partial charge on any atom is 0.225 e. The van der Waals surface area contributed by atoms with Gasteiger partial charge in [0.2, 0.25) is 5.91 Å². The number of carbonyl (C=O) groups excluding carboxylic acids is 1. The summed E-state index contributed by atoms with van der Waals surface area (Å²) in [6.07, 6.45) is 4.45. The van der Waals surface area contributed by atoms with Gasteiger partial charge in [-0.2, -0.15) is 0 Å². The molecule has 0 atom stereocenters. The molecule has 100 valence electrons. The van der Waals surface area contributed by atoms with Crippen LogP contribution in [0, 0.1) is 5.92 Å². The number of anilines is 1. The predicted octanol–water partition coefficient (Wildman–Crippen LogP) is 2.38. The van der Waals surface area contributed by atoms with Gasteiger partial charge in [0.05, 0.1) is 0 Å². The van der Waals surface area contributed by atoms with E-state index >= 15 is 0 Å². The number of hydrogen-bond donors (Lipinski definition) is 1. The van der Waals surface area contributed by atoms with E-state index in [1.54, 1.807) is 0 Å². The fourth-order valence-electron chi connectivity index (χ4n) is 3.65. The second-order valence-electron chi connectivity index (χ2n) is 6.28. The van der Waals surface area contributed by atoms with E-state index in [2.05, 4.69) is 34.5 Å². The molecule has 1 aromatic carbocycles. The van der Waals surface area contributed by atoms with Gasteiger partial charge in [0.25, 0.3) is 0 Å². The lowest BCUT2D eigenvalue weighted by Crippen LogP contribution is -2.46. The zero-order valence-corrected chi connectivity index (χ0v) is 11.2. The molecule has 4 rings (SSSR count). The highest BCUT2D eigenvalue weighted by atomic mass is 16.2. The fraction of sp³-hybridized carbons (Fsp3) is 0.562. The van der Waals surface area contributed by atoms with Crippen LogP contribution in [0.1, 0.15) is 31.2 Å². The van der Waals surface area contributed by atoms with Crippen molar-refractivity contribution >= 4 is 11.6 Å². The van der Waals surface area contributed by atoms with Gasteiger partial charge in [0.1, 0.15) is 0 Å². The molecule has 19 heavy (non-hydrogen) atoms. The van der Waals surface area contributed by atoms with Crippen molar-refractivity contribution in [3.8, 4) is 0 Å². The summed E-state index contributed by atoms with van der Waals surface area (Å²) in [4.78, 5) is 14.2. The second kappa shape index (κ2) is 3.99. The maximum absolute atomic E-state index is 12.1. The van der Waals surface area contributed by atoms with Crippen molar-refractivity contribution in [2.24, 2.45) is 5.92 Å². The molecule has 1 N–H and O–H groups in total. The normalized spacial score (nSPS) is 24.1. The van der Waals surface area contributed by atoms with Crippen molar-refractivity contribution < 1.29 is 4.79 Å². The van der Waals surface area contributed by atoms with Gasteiger partial charge >= 0.3 is 0 Å². The van der Waals surface area contributed by atoms with E-state index in [9.17, 15) is 4.79 Å². The minimum atomic E-state index is 0.275. The molecule has 3 aliphatic rings. The number of fused-ring (bicyclic) bond motifs is 2. The Bertz CT molecular complexity index is 513. The number of rotatable bonds is 1. The van der Waals surface area contributed by atoms with Crippen molar-refractivity contribution in [1.82, 2.24) is 4.90 Å². The van der Waals surface area contributed by atoms with Gasteiger partial charge in [-0.1, -0.05) is 18.2 Å². The molecule has 1 saturated heterocycles. The molecule has 2 aliphatic heterocycles. The van der Waals surface area contributed by atoms with E-state index in [1.807, 2.05) is 0 Å². The molecule has 3 nitrogen and oxygen atoms in total. The standard InChI is InChI=1S/C16H20N2O/c19-15(12-5-6-12)18-9-7-16(8-10-18)11-17-14-4-2-1-3-13(14)16/h1-4,12,17H,5-11H2. The third-order valence-electron chi connectivity index (χ3n) is 5.07. The molecule has 1 aromatic rings. The number of hydrogen-bond acceptors (Lipinski definition) is 2. The van der Waals surface area contributed by atoms with Gasteiger partial charge in [-0.3, -0.25) is 4.79 Å². The van der Waals surface area contributed by atoms with Gasteiger partial charge in [0, 0.05) is 36.7 Å². The predicted molar refractivity (Wildman–Crippen MR) is 75.1 cm³/mol. The Kier molecular flexibility index (Phi) is 2.38. The molecule has 1 aliphatic carbocycles. The van der Waals surface area contributed by atoms with E-state index in [1.165, 1.54) is 11.3 Å². The molecule has 3 heteroatoms. The van der Waals surface area contributed by atoms with Crippen LogP contribution < -0.4 is 5.32 Å². The number of nitrogens with one attached hydrogen (secondary N) is 1. The van der Waals surface area contributed by atoms with Crippen LogP contribution in [-0.2, 0) is 10.2 Å². The first-order valence-corrected chi connectivity index (χ1v) is 7.41. The van der Waals surface area contributed by atoms with Crippen LogP contribution in [-0.4, -0.2) is 30.4 Å². The van der Waals surface area contributed by atoms with Gasteiger partial charge in [-0.05, 0) is 37.3 Å². The Morgan fingerprint density at radius 2 is 1.95 bits per heavy atom. The zero-order valence-electron chi connectivity index (χ0n) is 11.2. The Labute approximate surface area is 114 Å². The van der Waals surface area contributed by atoms with Gasteiger partial charge < -0.3 is 10.2 Å². The van der Waals surface area contributed by atoms with Crippen molar-refractivity contribution in [1.29, 1.82) is 0 Å². The molecule has 0 aromatic heterocycles. The summed E-state index contributed by atoms with van der Waals surface area (Å²) in [6.45, 7) is 2.91.